The first kappa shape index (κ1) is 16.7. The Balaban J connectivity index is 2.16. The highest BCUT2D eigenvalue weighted by molar-refractivity contribution is 7.89. The van der Waals surface area contributed by atoms with E-state index in [0.29, 0.717) is 16.1 Å². The standard InChI is InChI=1S/C16H16ClNO3S/c1-11-6-7-12(2)16(8-11)22(20,21)18-10-15(19)13-4-3-5-14(17)9-13/h3-9,18H,10H2,1-2H3. The van der Waals surface area contributed by atoms with Crippen LogP contribution >= 0.6 is 11.6 Å². The molecule has 0 heterocycles. The highest BCUT2D eigenvalue weighted by atomic mass is 35.5. The van der Waals surface area contributed by atoms with E-state index in [1.54, 1.807) is 37.3 Å². The molecule has 0 saturated carbocycles. The molecule has 0 fully saturated rings. The molecule has 0 bridgehead atoms. The minimum absolute atomic E-state index is 0.186. The van der Waals surface area contributed by atoms with Crippen LogP contribution in [0.4, 0.5) is 0 Å². The van der Waals surface area contributed by atoms with Gasteiger partial charge in [0, 0.05) is 10.6 Å². The number of rotatable bonds is 5. The van der Waals surface area contributed by atoms with Gasteiger partial charge in [0.05, 0.1) is 11.4 Å². The number of benzene rings is 2. The van der Waals surface area contributed by atoms with E-state index < -0.39 is 10.0 Å². The second-order valence-corrected chi connectivity index (χ2v) is 7.20. The number of sulfonamides is 1. The lowest BCUT2D eigenvalue weighted by Crippen LogP contribution is -2.30. The van der Waals surface area contributed by atoms with Crippen molar-refractivity contribution >= 4 is 27.4 Å². The Hall–Kier alpha value is -1.69. The average molecular weight is 338 g/mol. The van der Waals surface area contributed by atoms with Gasteiger partial charge in [0.25, 0.3) is 0 Å². The molecule has 0 spiro atoms. The maximum atomic E-state index is 12.3. The Morgan fingerprint density at radius 1 is 1.14 bits per heavy atom. The highest BCUT2D eigenvalue weighted by Crippen LogP contribution is 2.17. The maximum Gasteiger partial charge on any atom is 0.241 e. The quantitative estimate of drug-likeness (QED) is 0.853. The summed E-state index contributed by atoms with van der Waals surface area (Å²) >= 11 is 5.82. The third-order valence-electron chi connectivity index (χ3n) is 3.20. The van der Waals surface area contributed by atoms with Crippen LogP contribution in [0.3, 0.4) is 0 Å². The molecule has 0 atom stereocenters. The lowest BCUT2D eigenvalue weighted by Gasteiger charge is -2.10. The summed E-state index contributed by atoms with van der Waals surface area (Å²) in [4.78, 5) is 12.2. The van der Waals surface area contributed by atoms with Gasteiger partial charge in [-0.2, -0.15) is 0 Å². The summed E-state index contributed by atoms with van der Waals surface area (Å²) in [6.45, 7) is 3.22. The van der Waals surface area contributed by atoms with Gasteiger partial charge < -0.3 is 0 Å². The minimum Gasteiger partial charge on any atom is -0.293 e. The van der Waals surface area contributed by atoms with Crippen molar-refractivity contribution in [1.82, 2.24) is 4.72 Å². The number of hydrogen-bond donors (Lipinski definition) is 1. The van der Waals surface area contributed by atoms with Crippen molar-refractivity contribution in [2.24, 2.45) is 0 Å². The van der Waals surface area contributed by atoms with Crippen LogP contribution in [-0.2, 0) is 10.0 Å². The predicted molar refractivity (Wildman–Crippen MR) is 86.9 cm³/mol. The SMILES string of the molecule is Cc1ccc(C)c(S(=O)(=O)NCC(=O)c2cccc(Cl)c2)c1. The number of aryl methyl sites for hydroxylation is 2. The molecule has 0 saturated heterocycles. The molecule has 0 aromatic heterocycles. The Bertz CT molecular complexity index is 816. The molecule has 0 aliphatic carbocycles. The molecule has 22 heavy (non-hydrogen) atoms. The molecule has 4 nitrogen and oxygen atoms in total. The number of nitrogens with one attached hydrogen (secondary N) is 1. The first-order valence-corrected chi connectivity index (χ1v) is 8.51. The third-order valence-corrected chi connectivity index (χ3v) is 4.98. The van der Waals surface area contributed by atoms with Gasteiger partial charge in [0.1, 0.15) is 0 Å². The van der Waals surface area contributed by atoms with Gasteiger partial charge in [0.15, 0.2) is 5.78 Å². The van der Waals surface area contributed by atoms with Crippen LogP contribution < -0.4 is 4.72 Å². The summed E-state index contributed by atoms with van der Waals surface area (Å²) in [6.07, 6.45) is 0. The first-order chi connectivity index (χ1) is 10.3. The van der Waals surface area contributed by atoms with Crippen molar-refractivity contribution in [2.75, 3.05) is 6.54 Å². The van der Waals surface area contributed by atoms with Crippen LogP contribution in [-0.4, -0.2) is 20.7 Å². The van der Waals surface area contributed by atoms with E-state index in [-0.39, 0.29) is 17.2 Å². The first-order valence-electron chi connectivity index (χ1n) is 6.65. The van der Waals surface area contributed by atoms with Crippen molar-refractivity contribution in [3.05, 3.63) is 64.2 Å². The molecule has 6 heteroatoms. The number of ketones is 1. The maximum absolute atomic E-state index is 12.3. The molecule has 1 N–H and O–H groups in total. The van der Waals surface area contributed by atoms with E-state index >= 15 is 0 Å². The number of Topliss-reactive ketones (excluding diaryl/α,β-unsaturated/α-hetero) is 1. The third kappa shape index (κ3) is 3.94. The van der Waals surface area contributed by atoms with E-state index in [4.69, 9.17) is 11.6 Å². The van der Waals surface area contributed by atoms with Crippen molar-refractivity contribution in [2.45, 2.75) is 18.7 Å². The molecule has 0 aliphatic heterocycles. The van der Waals surface area contributed by atoms with Crippen LogP contribution in [0.2, 0.25) is 5.02 Å². The summed E-state index contributed by atoms with van der Waals surface area (Å²) in [5.74, 6) is -0.337. The zero-order valence-electron chi connectivity index (χ0n) is 12.3. The monoisotopic (exact) mass is 337 g/mol. The van der Waals surface area contributed by atoms with Crippen LogP contribution in [0.25, 0.3) is 0 Å². The summed E-state index contributed by atoms with van der Waals surface area (Å²) in [5.41, 5.74) is 1.84. The van der Waals surface area contributed by atoms with Gasteiger partial charge in [-0.25, -0.2) is 13.1 Å². The van der Waals surface area contributed by atoms with Crippen molar-refractivity contribution < 1.29 is 13.2 Å². The topological polar surface area (TPSA) is 63.2 Å². The fourth-order valence-corrected chi connectivity index (χ4v) is 3.50. The minimum atomic E-state index is -3.73. The van der Waals surface area contributed by atoms with E-state index in [2.05, 4.69) is 4.72 Å². The summed E-state index contributed by atoms with van der Waals surface area (Å²) in [7, 11) is -3.73. The molecular formula is C16H16ClNO3S. The number of carbonyl (C=O) groups excluding carboxylic acids is 1. The number of carbonyl (C=O) groups is 1. The number of halogens is 1. The molecule has 0 unspecified atom stereocenters. The van der Waals surface area contributed by atoms with Crippen molar-refractivity contribution in [3.63, 3.8) is 0 Å². The largest absolute Gasteiger partial charge is 0.293 e. The van der Waals surface area contributed by atoms with Gasteiger partial charge in [-0.1, -0.05) is 35.9 Å². The lowest BCUT2D eigenvalue weighted by atomic mass is 10.1. The fourth-order valence-electron chi connectivity index (χ4n) is 2.00. The van der Waals surface area contributed by atoms with E-state index in [0.717, 1.165) is 5.56 Å². The zero-order valence-corrected chi connectivity index (χ0v) is 13.8. The summed E-state index contributed by atoms with van der Waals surface area (Å²) < 4.78 is 27.0. The molecular weight excluding hydrogens is 322 g/mol. The Morgan fingerprint density at radius 2 is 1.86 bits per heavy atom. The normalized spacial score (nSPS) is 11.4. The molecule has 116 valence electrons. The van der Waals surface area contributed by atoms with Gasteiger partial charge in [-0.3, -0.25) is 4.79 Å². The highest BCUT2D eigenvalue weighted by Gasteiger charge is 2.18. The van der Waals surface area contributed by atoms with Gasteiger partial charge in [0.2, 0.25) is 10.0 Å². The number of hydrogen-bond acceptors (Lipinski definition) is 3. The van der Waals surface area contributed by atoms with Crippen molar-refractivity contribution in [3.8, 4) is 0 Å². The molecule has 0 amide bonds. The summed E-state index contributed by atoms with van der Waals surface area (Å²) in [6, 6.07) is 11.6. The second kappa shape index (κ2) is 6.60. The van der Waals surface area contributed by atoms with Gasteiger partial charge in [-0.15, -0.1) is 0 Å². The van der Waals surface area contributed by atoms with Crippen LogP contribution in [0.15, 0.2) is 47.4 Å². The van der Waals surface area contributed by atoms with Gasteiger partial charge in [-0.05, 0) is 43.2 Å². The average Bonchev–Trinajstić information content (AvgIpc) is 2.47. The van der Waals surface area contributed by atoms with E-state index in [1.807, 2.05) is 13.0 Å². The summed E-state index contributed by atoms with van der Waals surface area (Å²) in [5, 5.41) is 0.434. The molecule has 0 aliphatic rings. The van der Waals surface area contributed by atoms with E-state index in [9.17, 15) is 13.2 Å². The lowest BCUT2D eigenvalue weighted by molar-refractivity contribution is 0.0997. The Morgan fingerprint density at radius 3 is 2.55 bits per heavy atom. The second-order valence-electron chi connectivity index (χ2n) is 5.03. The van der Waals surface area contributed by atoms with E-state index in [1.165, 1.54) is 6.07 Å². The fraction of sp³-hybridized carbons (Fsp3) is 0.188. The van der Waals surface area contributed by atoms with Crippen LogP contribution in [0.5, 0.6) is 0 Å². The molecule has 2 rings (SSSR count). The smallest absolute Gasteiger partial charge is 0.241 e. The zero-order chi connectivity index (χ0) is 16.3. The molecule has 2 aromatic rings. The van der Waals surface area contributed by atoms with Gasteiger partial charge >= 0.3 is 0 Å². The molecule has 2 aromatic carbocycles. The Labute approximate surface area is 135 Å². The molecule has 0 radical (unpaired) electrons. The van der Waals surface area contributed by atoms with Crippen molar-refractivity contribution in [1.29, 1.82) is 0 Å². The Kier molecular flexibility index (Phi) is 5.01. The van der Waals surface area contributed by atoms with Crippen LogP contribution in [0, 0.1) is 13.8 Å². The van der Waals surface area contributed by atoms with Crippen LogP contribution in [0.1, 0.15) is 21.5 Å². The predicted octanol–water partition coefficient (Wildman–Crippen LogP) is 3.12.